The number of nitrogens with two attached hydrogens (primary N) is 1. The highest BCUT2D eigenvalue weighted by molar-refractivity contribution is 7.16. The molecule has 0 radical (unpaired) electrons. The number of amides is 1. The predicted molar refractivity (Wildman–Crippen MR) is 109 cm³/mol. The number of carbonyl (C=O) groups is 1. The van der Waals surface area contributed by atoms with Crippen LogP contribution in [0, 0.1) is 25.2 Å². The number of aryl methyl sites for hydroxylation is 2. The van der Waals surface area contributed by atoms with Crippen LogP contribution in [0.4, 0.5) is 10.8 Å². The molecule has 0 saturated carbocycles. The van der Waals surface area contributed by atoms with Crippen LogP contribution in [0.25, 0.3) is 11.3 Å². The number of thiophene rings is 1. The number of hydrogen-bond donors (Lipinski definition) is 2. The quantitative estimate of drug-likeness (QED) is 0.677. The Morgan fingerprint density at radius 3 is 2.86 bits per heavy atom. The van der Waals surface area contributed by atoms with E-state index in [0.717, 1.165) is 42.5 Å². The molecule has 6 nitrogen and oxygen atoms in total. The topological polar surface area (TPSA) is 105 Å². The summed E-state index contributed by atoms with van der Waals surface area (Å²) in [5.41, 5.74) is 10.2. The van der Waals surface area contributed by atoms with Crippen molar-refractivity contribution in [2.45, 2.75) is 39.5 Å². The van der Waals surface area contributed by atoms with E-state index in [1.54, 1.807) is 18.4 Å². The molecule has 0 spiro atoms. The molecular formula is C21H20N4O2S. The standard InChI is InChI=1S/C21H20N4O2S/c1-11-12(2)24-20(14(10-22)17(11)15-7-5-9-27-15)25-21(26)18-13-6-3-4-8-16(13)28-19(18)23/h5,7,9H,3-4,6,8,23H2,1-2H3,(H,24,25,26). The maximum atomic E-state index is 13.1. The van der Waals surface area contributed by atoms with Gasteiger partial charge in [-0.1, -0.05) is 0 Å². The second-order valence-electron chi connectivity index (χ2n) is 6.91. The van der Waals surface area contributed by atoms with Gasteiger partial charge in [0.2, 0.25) is 0 Å². The SMILES string of the molecule is Cc1nc(NC(=O)c2c(N)sc3c2CCCC3)c(C#N)c(-c2ccco2)c1C. The maximum absolute atomic E-state index is 13.1. The van der Waals surface area contributed by atoms with E-state index in [-0.39, 0.29) is 17.3 Å². The number of nitrogen functional groups attached to an aromatic ring is 1. The minimum atomic E-state index is -0.311. The molecule has 3 N–H and O–H groups in total. The zero-order valence-electron chi connectivity index (χ0n) is 15.8. The number of rotatable bonds is 3. The molecule has 0 unspecified atom stereocenters. The highest BCUT2D eigenvalue weighted by Gasteiger charge is 2.26. The molecule has 1 amide bonds. The third-order valence-electron chi connectivity index (χ3n) is 5.22. The Labute approximate surface area is 167 Å². The van der Waals surface area contributed by atoms with E-state index in [1.807, 2.05) is 13.8 Å². The average Bonchev–Trinajstić information content (AvgIpc) is 3.30. The van der Waals surface area contributed by atoms with E-state index < -0.39 is 0 Å². The number of nitrogens with zero attached hydrogens (tertiary/aromatic N) is 2. The van der Waals surface area contributed by atoms with Crippen molar-refractivity contribution in [3.63, 3.8) is 0 Å². The molecule has 0 aromatic carbocycles. The van der Waals surface area contributed by atoms with Crippen molar-refractivity contribution >= 4 is 28.1 Å². The Kier molecular flexibility index (Phi) is 4.65. The van der Waals surface area contributed by atoms with Crippen molar-refractivity contribution in [3.8, 4) is 17.4 Å². The number of fused-ring (bicyclic) bond motifs is 1. The molecular weight excluding hydrogens is 372 g/mol. The molecule has 1 aliphatic carbocycles. The highest BCUT2D eigenvalue weighted by atomic mass is 32.1. The third-order valence-corrected chi connectivity index (χ3v) is 6.34. The number of anilines is 2. The van der Waals surface area contributed by atoms with Crippen molar-refractivity contribution in [1.82, 2.24) is 4.98 Å². The van der Waals surface area contributed by atoms with Crippen LogP contribution in [-0.2, 0) is 12.8 Å². The zero-order valence-corrected chi connectivity index (χ0v) is 16.6. The van der Waals surface area contributed by atoms with E-state index in [9.17, 15) is 10.1 Å². The lowest BCUT2D eigenvalue weighted by Crippen LogP contribution is -2.18. The molecule has 0 aliphatic heterocycles. The Morgan fingerprint density at radius 1 is 1.36 bits per heavy atom. The first-order chi connectivity index (χ1) is 13.5. The number of furan rings is 1. The summed E-state index contributed by atoms with van der Waals surface area (Å²) in [5.74, 6) is 0.495. The van der Waals surface area contributed by atoms with Gasteiger partial charge in [-0.3, -0.25) is 4.79 Å². The van der Waals surface area contributed by atoms with Crippen LogP contribution < -0.4 is 11.1 Å². The fourth-order valence-electron chi connectivity index (χ4n) is 3.73. The number of nitrogens with one attached hydrogen (secondary N) is 1. The first-order valence-electron chi connectivity index (χ1n) is 9.17. The van der Waals surface area contributed by atoms with E-state index in [4.69, 9.17) is 10.2 Å². The monoisotopic (exact) mass is 392 g/mol. The first kappa shape index (κ1) is 18.3. The number of hydrogen-bond acceptors (Lipinski definition) is 6. The van der Waals surface area contributed by atoms with Gasteiger partial charge >= 0.3 is 0 Å². The van der Waals surface area contributed by atoms with Crippen LogP contribution in [0.5, 0.6) is 0 Å². The zero-order chi connectivity index (χ0) is 19.8. The lowest BCUT2D eigenvalue weighted by atomic mass is 9.95. The van der Waals surface area contributed by atoms with Crippen LogP contribution in [0.1, 0.15) is 50.5 Å². The summed E-state index contributed by atoms with van der Waals surface area (Å²) in [7, 11) is 0. The minimum Gasteiger partial charge on any atom is -0.464 e. The number of pyridine rings is 1. The van der Waals surface area contributed by atoms with Crippen LogP contribution in [-0.4, -0.2) is 10.9 Å². The van der Waals surface area contributed by atoms with E-state index in [1.165, 1.54) is 16.2 Å². The van der Waals surface area contributed by atoms with E-state index in [2.05, 4.69) is 16.4 Å². The van der Waals surface area contributed by atoms with Crippen molar-refractivity contribution < 1.29 is 9.21 Å². The minimum absolute atomic E-state index is 0.233. The molecule has 28 heavy (non-hydrogen) atoms. The Bertz CT molecular complexity index is 1110. The summed E-state index contributed by atoms with van der Waals surface area (Å²) in [6.07, 6.45) is 5.55. The smallest absolute Gasteiger partial charge is 0.260 e. The maximum Gasteiger partial charge on any atom is 0.260 e. The summed E-state index contributed by atoms with van der Waals surface area (Å²) < 4.78 is 5.51. The van der Waals surface area contributed by atoms with Gasteiger partial charge in [0.25, 0.3) is 5.91 Å². The summed E-state index contributed by atoms with van der Waals surface area (Å²) in [4.78, 5) is 18.7. The molecule has 142 valence electrons. The molecule has 3 aromatic heterocycles. The highest BCUT2D eigenvalue weighted by Crippen LogP contribution is 2.37. The number of aromatic nitrogens is 1. The molecule has 7 heteroatoms. The fourth-order valence-corrected chi connectivity index (χ4v) is 4.89. The van der Waals surface area contributed by atoms with Crippen LogP contribution in [0.3, 0.4) is 0 Å². The van der Waals surface area contributed by atoms with Gasteiger partial charge < -0.3 is 15.5 Å². The summed E-state index contributed by atoms with van der Waals surface area (Å²) in [6.45, 7) is 3.74. The largest absolute Gasteiger partial charge is 0.464 e. The van der Waals surface area contributed by atoms with Crippen molar-refractivity contribution in [1.29, 1.82) is 5.26 Å². The van der Waals surface area contributed by atoms with Gasteiger partial charge in [-0.05, 0) is 62.8 Å². The molecule has 0 bridgehead atoms. The van der Waals surface area contributed by atoms with E-state index >= 15 is 0 Å². The van der Waals surface area contributed by atoms with Gasteiger partial charge in [-0.25, -0.2) is 4.98 Å². The van der Waals surface area contributed by atoms with Gasteiger partial charge in [0.1, 0.15) is 17.4 Å². The summed E-state index contributed by atoms with van der Waals surface area (Å²) in [6, 6.07) is 5.74. The molecule has 0 atom stereocenters. The predicted octanol–water partition coefficient (Wildman–Crippen LogP) is 4.60. The first-order valence-corrected chi connectivity index (χ1v) is 9.99. The van der Waals surface area contributed by atoms with Crippen LogP contribution >= 0.6 is 11.3 Å². The summed E-state index contributed by atoms with van der Waals surface area (Å²) >= 11 is 1.49. The van der Waals surface area contributed by atoms with Crippen molar-refractivity contribution in [2.24, 2.45) is 0 Å². The fraction of sp³-hybridized carbons (Fsp3) is 0.286. The molecule has 3 heterocycles. The average molecular weight is 392 g/mol. The molecule has 4 rings (SSSR count). The van der Waals surface area contributed by atoms with Crippen molar-refractivity contribution in [3.05, 3.63) is 51.2 Å². The van der Waals surface area contributed by atoms with Gasteiger partial charge in [-0.15, -0.1) is 11.3 Å². The van der Waals surface area contributed by atoms with Crippen LogP contribution in [0.15, 0.2) is 22.8 Å². The second kappa shape index (κ2) is 7.13. The summed E-state index contributed by atoms with van der Waals surface area (Å²) in [5, 5.41) is 13.2. The van der Waals surface area contributed by atoms with Gasteiger partial charge in [0, 0.05) is 16.1 Å². The Morgan fingerprint density at radius 2 is 2.14 bits per heavy atom. The Hall–Kier alpha value is -3.11. The number of nitriles is 1. The lowest BCUT2D eigenvalue weighted by molar-refractivity contribution is 0.102. The molecule has 0 fully saturated rings. The molecule has 0 saturated heterocycles. The van der Waals surface area contributed by atoms with Gasteiger partial charge in [-0.2, -0.15) is 5.26 Å². The molecule has 3 aromatic rings. The van der Waals surface area contributed by atoms with E-state index in [0.29, 0.717) is 21.9 Å². The van der Waals surface area contributed by atoms with Gasteiger partial charge in [0.15, 0.2) is 5.82 Å². The third kappa shape index (κ3) is 2.96. The Balaban J connectivity index is 1.78. The molecule has 1 aliphatic rings. The number of carbonyl (C=O) groups excluding carboxylic acids is 1. The van der Waals surface area contributed by atoms with Gasteiger partial charge in [0.05, 0.1) is 16.8 Å². The van der Waals surface area contributed by atoms with Crippen LogP contribution in [0.2, 0.25) is 0 Å². The normalized spacial score (nSPS) is 13.0. The second-order valence-corrected chi connectivity index (χ2v) is 8.05. The van der Waals surface area contributed by atoms with Crippen molar-refractivity contribution in [2.75, 3.05) is 11.1 Å². The lowest BCUT2D eigenvalue weighted by Gasteiger charge is -2.15.